The van der Waals surface area contributed by atoms with E-state index in [1.807, 2.05) is 20.8 Å². The lowest BCUT2D eigenvalue weighted by Crippen LogP contribution is -2.61. The molecule has 4 aliphatic heterocycles. The molecule has 0 aliphatic carbocycles. The first-order chi connectivity index (χ1) is 14.9. The van der Waals surface area contributed by atoms with Gasteiger partial charge >= 0.3 is 5.97 Å². The van der Waals surface area contributed by atoms with Gasteiger partial charge in [-0.05, 0) is 33.6 Å². The van der Waals surface area contributed by atoms with Crippen LogP contribution in [0.15, 0.2) is 12.0 Å². The Morgan fingerprint density at radius 1 is 1.09 bits per heavy atom. The highest BCUT2D eigenvalue weighted by Crippen LogP contribution is 2.41. The van der Waals surface area contributed by atoms with Gasteiger partial charge in [-0.25, -0.2) is 0 Å². The first kappa shape index (κ1) is 23.8. The van der Waals surface area contributed by atoms with Crippen LogP contribution < -0.4 is 0 Å². The van der Waals surface area contributed by atoms with Crippen molar-refractivity contribution in [3.8, 4) is 0 Å². The molecule has 0 radical (unpaired) electrons. The van der Waals surface area contributed by atoms with Crippen molar-refractivity contribution in [3.05, 3.63) is 12.0 Å². The summed E-state index contributed by atoms with van der Waals surface area (Å²) in [6.45, 7) is 9.32. The Kier molecular flexibility index (Phi) is 6.50. The van der Waals surface area contributed by atoms with Gasteiger partial charge in [0.1, 0.15) is 42.5 Å². The average Bonchev–Trinajstić information content (AvgIpc) is 3.21. The van der Waals surface area contributed by atoms with E-state index >= 15 is 0 Å². The quantitative estimate of drug-likeness (QED) is 0.598. The van der Waals surface area contributed by atoms with Crippen LogP contribution in [0.2, 0.25) is 0 Å². The molecule has 0 spiro atoms. The molecule has 0 bridgehead atoms. The van der Waals surface area contributed by atoms with Gasteiger partial charge in [-0.2, -0.15) is 0 Å². The first-order valence-corrected chi connectivity index (χ1v) is 11.5. The van der Waals surface area contributed by atoms with Crippen LogP contribution in [-0.4, -0.2) is 77.4 Å². The molecule has 0 saturated carbocycles. The minimum atomic E-state index is -0.926. The van der Waals surface area contributed by atoms with Crippen molar-refractivity contribution in [2.75, 3.05) is 6.61 Å². The Bertz CT molecular complexity index is 727. The van der Waals surface area contributed by atoms with E-state index < -0.39 is 47.8 Å². The van der Waals surface area contributed by atoms with Crippen LogP contribution in [0.3, 0.4) is 0 Å². The predicted molar refractivity (Wildman–Crippen MR) is 111 cm³/mol. The lowest BCUT2D eigenvalue weighted by Gasteiger charge is -2.46. The SMILES string of the molecule is CC1(C)OC=C(C[C@H]2O[C@H]3[C@@H](O)[C@H]4O[C@@H](CCOC(=O)C(C)(C)C)CC[C@@H]4O[C@H]3[C@H]2O)O1. The van der Waals surface area contributed by atoms with Crippen molar-refractivity contribution in [2.24, 2.45) is 5.41 Å². The molecule has 2 N–H and O–H groups in total. The molecule has 4 heterocycles. The number of hydrogen-bond donors (Lipinski definition) is 2. The third kappa shape index (κ3) is 4.92. The summed E-state index contributed by atoms with van der Waals surface area (Å²) in [5.74, 6) is -0.393. The topological polar surface area (TPSA) is 113 Å². The zero-order valence-corrected chi connectivity index (χ0v) is 19.5. The van der Waals surface area contributed by atoms with E-state index in [4.69, 9.17) is 28.4 Å². The number of ether oxygens (including phenoxy) is 6. The minimum absolute atomic E-state index is 0.141. The van der Waals surface area contributed by atoms with Crippen molar-refractivity contribution in [1.82, 2.24) is 0 Å². The highest BCUT2D eigenvalue weighted by atomic mass is 16.7. The number of hydrogen-bond acceptors (Lipinski definition) is 9. The minimum Gasteiger partial charge on any atom is -0.465 e. The van der Waals surface area contributed by atoms with Gasteiger partial charge in [0.05, 0.1) is 30.3 Å². The van der Waals surface area contributed by atoms with Crippen molar-refractivity contribution in [2.45, 2.75) is 115 Å². The Morgan fingerprint density at radius 3 is 2.47 bits per heavy atom. The summed E-state index contributed by atoms with van der Waals surface area (Å²) in [4.78, 5) is 11.9. The fourth-order valence-corrected chi connectivity index (χ4v) is 4.67. The predicted octanol–water partition coefficient (Wildman–Crippen LogP) is 1.78. The molecule has 0 unspecified atom stereocenters. The zero-order chi connectivity index (χ0) is 23.3. The molecule has 8 atom stereocenters. The normalized spacial score (nSPS) is 40.5. The largest absolute Gasteiger partial charge is 0.465 e. The highest BCUT2D eigenvalue weighted by Gasteiger charge is 2.57. The molecule has 0 aromatic rings. The number of esters is 1. The molecule has 9 nitrogen and oxygen atoms in total. The fourth-order valence-electron chi connectivity index (χ4n) is 4.67. The van der Waals surface area contributed by atoms with Gasteiger partial charge in [-0.3, -0.25) is 4.79 Å². The number of fused-ring (bicyclic) bond motifs is 2. The van der Waals surface area contributed by atoms with Gasteiger partial charge < -0.3 is 38.6 Å². The van der Waals surface area contributed by atoms with E-state index in [1.165, 1.54) is 6.26 Å². The molecule has 3 fully saturated rings. The molecule has 3 saturated heterocycles. The summed E-state index contributed by atoms with van der Waals surface area (Å²) < 4.78 is 34.8. The van der Waals surface area contributed by atoms with E-state index in [1.54, 1.807) is 13.8 Å². The third-order valence-corrected chi connectivity index (χ3v) is 6.41. The van der Waals surface area contributed by atoms with Crippen LogP contribution in [0, 0.1) is 5.41 Å². The van der Waals surface area contributed by atoms with Crippen molar-refractivity contribution in [1.29, 1.82) is 0 Å². The summed E-state index contributed by atoms with van der Waals surface area (Å²) >= 11 is 0. The van der Waals surface area contributed by atoms with E-state index in [2.05, 4.69) is 0 Å². The maximum absolute atomic E-state index is 11.9. The first-order valence-electron chi connectivity index (χ1n) is 11.5. The van der Waals surface area contributed by atoms with Crippen LogP contribution in [0.4, 0.5) is 0 Å². The Balaban J connectivity index is 1.31. The number of aliphatic hydroxyl groups excluding tert-OH is 2. The van der Waals surface area contributed by atoms with Gasteiger partial charge in [0.25, 0.3) is 0 Å². The average molecular weight is 457 g/mol. The number of aliphatic hydroxyl groups is 2. The second-order valence-corrected chi connectivity index (χ2v) is 10.6. The van der Waals surface area contributed by atoms with Gasteiger partial charge in [0.2, 0.25) is 5.79 Å². The molecular weight excluding hydrogens is 420 g/mol. The summed E-state index contributed by atoms with van der Waals surface area (Å²) in [6, 6.07) is 0. The molecule has 9 heteroatoms. The maximum atomic E-state index is 11.9. The van der Waals surface area contributed by atoms with Gasteiger partial charge in [0.15, 0.2) is 0 Å². The summed E-state index contributed by atoms with van der Waals surface area (Å²) in [5.41, 5.74) is -0.542. The van der Waals surface area contributed by atoms with Crippen LogP contribution in [0.5, 0.6) is 0 Å². The molecule has 182 valence electrons. The lowest BCUT2D eigenvalue weighted by molar-refractivity contribution is -0.260. The standard InChI is InChI=1S/C23H36O9/c1-22(2,3)21(26)27-9-8-12-6-7-14-18(29-12)17(25)20-19(30-14)16(24)15(31-20)10-13-11-28-23(4,5)32-13/h11-12,14-20,24-25H,6-10H2,1-5H3/t12-,14+,15-,16+,17+,18+,19+,20+/m1/s1. The van der Waals surface area contributed by atoms with Gasteiger partial charge in [-0.1, -0.05) is 0 Å². The van der Waals surface area contributed by atoms with E-state index in [9.17, 15) is 15.0 Å². The Labute approximate surface area is 188 Å². The van der Waals surface area contributed by atoms with Gasteiger partial charge in [-0.15, -0.1) is 0 Å². The fraction of sp³-hybridized carbons (Fsp3) is 0.870. The zero-order valence-electron chi connectivity index (χ0n) is 19.5. The summed E-state index contributed by atoms with van der Waals surface area (Å²) in [5, 5.41) is 21.8. The highest BCUT2D eigenvalue weighted by molar-refractivity contribution is 5.75. The number of rotatable bonds is 5. The maximum Gasteiger partial charge on any atom is 0.311 e. The van der Waals surface area contributed by atoms with Crippen molar-refractivity contribution in [3.63, 3.8) is 0 Å². The van der Waals surface area contributed by atoms with E-state index in [-0.39, 0.29) is 24.8 Å². The van der Waals surface area contributed by atoms with E-state index in [0.29, 0.717) is 25.0 Å². The molecule has 32 heavy (non-hydrogen) atoms. The summed E-state index contributed by atoms with van der Waals surface area (Å²) in [6.07, 6.45) is -0.881. The van der Waals surface area contributed by atoms with Crippen molar-refractivity contribution < 1.29 is 43.4 Å². The van der Waals surface area contributed by atoms with Crippen LogP contribution >= 0.6 is 0 Å². The molecule has 4 aliphatic rings. The smallest absolute Gasteiger partial charge is 0.311 e. The van der Waals surface area contributed by atoms with Crippen LogP contribution in [0.1, 0.15) is 60.3 Å². The Hall–Kier alpha value is -1.39. The molecular formula is C23H36O9. The molecule has 0 amide bonds. The lowest BCUT2D eigenvalue weighted by atomic mass is 9.88. The molecule has 0 aromatic heterocycles. The number of carbonyl (C=O) groups is 1. The van der Waals surface area contributed by atoms with Crippen molar-refractivity contribution >= 4 is 5.97 Å². The van der Waals surface area contributed by atoms with Gasteiger partial charge in [0, 0.05) is 26.7 Å². The third-order valence-electron chi connectivity index (χ3n) is 6.41. The van der Waals surface area contributed by atoms with E-state index in [0.717, 1.165) is 6.42 Å². The van der Waals surface area contributed by atoms with Crippen LogP contribution in [-0.2, 0) is 33.2 Å². The monoisotopic (exact) mass is 456 g/mol. The number of carbonyl (C=O) groups excluding carboxylic acids is 1. The molecule has 4 rings (SSSR count). The van der Waals surface area contributed by atoms with Crippen LogP contribution in [0.25, 0.3) is 0 Å². The Morgan fingerprint density at radius 2 is 1.81 bits per heavy atom. The second-order valence-electron chi connectivity index (χ2n) is 10.6. The summed E-state index contributed by atoms with van der Waals surface area (Å²) in [7, 11) is 0. The molecule has 0 aromatic carbocycles. The second kappa shape index (κ2) is 8.76.